The average Bonchev–Trinajstić information content (AvgIpc) is 2.39. The monoisotopic (exact) mass is 220 g/mol. The van der Waals surface area contributed by atoms with Crippen LogP contribution in [0.2, 0.25) is 0 Å². The Bertz CT molecular complexity index is 170. The Morgan fingerprint density at radius 3 is 2.30 bits per heavy atom. The molecule has 1 aromatic rings. The molecule has 0 nitrogen and oxygen atoms in total. The Morgan fingerprint density at radius 1 is 1.50 bits per heavy atom. The Kier molecular flexibility index (Phi) is 6.03. The first-order chi connectivity index (χ1) is 4.84. The molecule has 0 aromatic carbocycles. The summed E-state index contributed by atoms with van der Waals surface area (Å²) in [5, 5.41) is 2.10. The highest BCUT2D eigenvalue weighted by Gasteiger charge is 1.94. The summed E-state index contributed by atoms with van der Waals surface area (Å²) in [5.41, 5.74) is 0. The highest BCUT2D eigenvalue weighted by Crippen LogP contribution is 2.22. The van der Waals surface area contributed by atoms with Crippen LogP contribution in [0.4, 0.5) is 0 Å². The summed E-state index contributed by atoms with van der Waals surface area (Å²) in [6.45, 7) is 6.16. The molecular formula is C8H13BrS. The van der Waals surface area contributed by atoms with E-state index in [2.05, 4.69) is 34.3 Å². The van der Waals surface area contributed by atoms with E-state index >= 15 is 0 Å². The molecule has 0 amide bonds. The highest BCUT2D eigenvalue weighted by molar-refractivity contribution is 9.10. The van der Waals surface area contributed by atoms with Crippen LogP contribution in [0.3, 0.4) is 0 Å². The Morgan fingerprint density at radius 2 is 2.10 bits per heavy atom. The van der Waals surface area contributed by atoms with Crippen molar-refractivity contribution in [2.24, 2.45) is 0 Å². The third kappa shape index (κ3) is 2.84. The fourth-order valence-corrected chi connectivity index (χ4v) is 2.16. The molecule has 0 radical (unpaired) electrons. The maximum Gasteiger partial charge on any atom is 0.0314 e. The zero-order chi connectivity index (χ0) is 7.98. The minimum atomic E-state index is 1.14. The third-order valence-electron chi connectivity index (χ3n) is 1.01. The van der Waals surface area contributed by atoms with Crippen molar-refractivity contribution in [1.82, 2.24) is 0 Å². The molecule has 0 atom stereocenters. The molecule has 1 rings (SSSR count). The average molecular weight is 221 g/mol. The number of thiophene rings is 1. The van der Waals surface area contributed by atoms with Gasteiger partial charge in [0.1, 0.15) is 0 Å². The van der Waals surface area contributed by atoms with Gasteiger partial charge in [-0.15, -0.1) is 11.3 Å². The van der Waals surface area contributed by atoms with Gasteiger partial charge in [0, 0.05) is 9.35 Å². The third-order valence-corrected chi connectivity index (χ3v) is 3.08. The van der Waals surface area contributed by atoms with Gasteiger partial charge in [-0.2, -0.15) is 0 Å². The van der Waals surface area contributed by atoms with Gasteiger partial charge in [-0.25, -0.2) is 0 Å². The molecule has 1 heterocycles. The van der Waals surface area contributed by atoms with Crippen LogP contribution < -0.4 is 0 Å². The van der Waals surface area contributed by atoms with Crippen LogP contribution in [-0.4, -0.2) is 0 Å². The zero-order valence-electron chi connectivity index (χ0n) is 6.65. The smallest absolute Gasteiger partial charge is 0.0314 e. The van der Waals surface area contributed by atoms with Crippen molar-refractivity contribution in [2.45, 2.75) is 27.2 Å². The predicted octanol–water partition coefficient (Wildman–Crippen LogP) is 4.10. The first-order valence-electron chi connectivity index (χ1n) is 3.56. The van der Waals surface area contributed by atoms with Crippen molar-refractivity contribution in [3.05, 3.63) is 20.8 Å². The summed E-state index contributed by atoms with van der Waals surface area (Å²) in [6.07, 6.45) is 1.14. The molecule has 1 aromatic heterocycles. The summed E-state index contributed by atoms with van der Waals surface area (Å²) in [4.78, 5) is 1.44. The lowest BCUT2D eigenvalue weighted by Crippen LogP contribution is -1.68. The molecule has 2 heteroatoms. The van der Waals surface area contributed by atoms with Crippen molar-refractivity contribution >= 4 is 27.3 Å². The number of halogens is 1. The second-order valence-corrected chi connectivity index (χ2v) is 3.40. The second kappa shape index (κ2) is 5.93. The molecule has 0 bridgehead atoms. The van der Waals surface area contributed by atoms with Crippen molar-refractivity contribution in [3.63, 3.8) is 0 Å². The summed E-state index contributed by atoms with van der Waals surface area (Å²) < 4.78 is 1.25. The van der Waals surface area contributed by atoms with Crippen molar-refractivity contribution in [2.75, 3.05) is 0 Å². The van der Waals surface area contributed by atoms with E-state index in [0.29, 0.717) is 0 Å². The van der Waals surface area contributed by atoms with Crippen LogP contribution in [0.1, 0.15) is 25.6 Å². The topological polar surface area (TPSA) is 0 Å². The van der Waals surface area contributed by atoms with E-state index < -0.39 is 0 Å². The van der Waals surface area contributed by atoms with Crippen LogP contribution in [0.25, 0.3) is 0 Å². The number of hydrogen-bond donors (Lipinski definition) is 0. The highest BCUT2D eigenvalue weighted by atomic mass is 79.9. The Balaban J connectivity index is 0.000000371. The van der Waals surface area contributed by atoms with Gasteiger partial charge in [0.05, 0.1) is 0 Å². The van der Waals surface area contributed by atoms with E-state index in [1.54, 1.807) is 11.3 Å². The van der Waals surface area contributed by atoms with Gasteiger partial charge in [0.2, 0.25) is 0 Å². The molecular weight excluding hydrogens is 208 g/mol. The first kappa shape index (κ1) is 10.2. The minimum Gasteiger partial charge on any atom is -0.148 e. The second-order valence-electron chi connectivity index (χ2n) is 1.55. The molecule has 0 saturated heterocycles. The van der Waals surface area contributed by atoms with Crippen LogP contribution in [0, 0.1) is 0 Å². The van der Waals surface area contributed by atoms with E-state index in [4.69, 9.17) is 0 Å². The fourth-order valence-electron chi connectivity index (χ4n) is 0.577. The molecule has 0 unspecified atom stereocenters. The molecule has 10 heavy (non-hydrogen) atoms. The number of aryl methyl sites for hydroxylation is 1. The quantitative estimate of drug-likeness (QED) is 0.669. The lowest BCUT2D eigenvalue weighted by atomic mass is 10.4. The molecule has 0 spiro atoms. The summed E-state index contributed by atoms with van der Waals surface area (Å²) in [6, 6.07) is 2.09. The molecule has 58 valence electrons. The van der Waals surface area contributed by atoms with E-state index in [1.807, 2.05) is 13.8 Å². The van der Waals surface area contributed by atoms with Crippen LogP contribution in [0.5, 0.6) is 0 Å². The fraction of sp³-hybridized carbons (Fsp3) is 0.500. The van der Waals surface area contributed by atoms with E-state index in [0.717, 1.165) is 6.42 Å². The van der Waals surface area contributed by atoms with E-state index in [1.165, 1.54) is 9.35 Å². The summed E-state index contributed by atoms with van der Waals surface area (Å²) in [7, 11) is 0. The summed E-state index contributed by atoms with van der Waals surface area (Å²) in [5.74, 6) is 0. The van der Waals surface area contributed by atoms with Crippen LogP contribution in [0.15, 0.2) is 15.9 Å². The van der Waals surface area contributed by atoms with Crippen LogP contribution in [-0.2, 0) is 6.42 Å². The molecule has 0 aliphatic carbocycles. The van der Waals surface area contributed by atoms with Crippen molar-refractivity contribution in [1.29, 1.82) is 0 Å². The molecule has 0 saturated carbocycles. The lowest BCUT2D eigenvalue weighted by molar-refractivity contribution is 1.18. The molecule has 0 aliphatic heterocycles. The number of rotatable bonds is 1. The maximum absolute atomic E-state index is 3.44. The molecule has 0 fully saturated rings. The SMILES string of the molecule is CC.CCc1sccc1Br. The first-order valence-corrected chi connectivity index (χ1v) is 5.23. The zero-order valence-corrected chi connectivity index (χ0v) is 9.05. The number of hydrogen-bond acceptors (Lipinski definition) is 1. The molecule has 0 aliphatic rings. The predicted molar refractivity (Wildman–Crippen MR) is 52.7 cm³/mol. The normalized spacial score (nSPS) is 8.40. The van der Waals surface area contributed by atoms with Gasteiger partial charge < -0.3 is 0 Å². The summed E-state index contributed by atoms with van der Waals surface area (Å²) >= 11 is 5.24. The Hall–Kier alpha value is 0.180. The van der Waals surface area contributed by atoms with Crippen molar-refractivity contribution in [3.8, 4) is 0 Å². The van der Waals surface area contributed by atoms with E-state index in [9.17, 15) is 0 Å². The largest absolute Gasteiger partial charge is 0.148 e. The van der Waals surface area contributed by atoms with Gasteiger partial charge in [-0.05, 0) is 33.8 Å². The van der Waals surface area contributed by atoms with Gasteiger partial charge >= 0.3 is 0 Å². The molecule has 0 N–H and O–H groups in total. The van der Waals surface area contributed by atoms with Gasteiger partial charge in [-0.1, -0.05) is 20.8 Å². The minimum absolute atomic E-state index is 1.14. The van der Waals surface area contributed by atoms with Gasteiger partial charge in [-0.3, -0.25) is 0 Å². The van der Waals surface area contributed by atoms with E-state index in [-0.39, 0.29) is 0 Å². The van der Waals surface area contributed by atoms with Gasteiger partial charge in [0.15, 0.2) is 0 Å². The standard InChI is InChI=1S/C6H7BrS.C2H6/c1-2-6-5(7)3-4-8-6;1-2/h3-4H,2H2,1H3;1-2H3. The van der Waals surface area contributed by atoms with Crippen LogP contribution >= 0.6 is 27.3 Å². The van der Waals surface area contributed by atoms with Gasteiger partial charge in [0.25, 0.3) is 0 Å². The Labute approximate surface area is 75.4 Å². The maximum atomic E-state index is 3.44. The van der Waals surface area contributed by atoms with Crippen molar-refractivity contribution < 1.29 is 0 Å². The lowest BCUT2D eigenvalue weighted by Gasteiger charge is -1.85.